The van der Waals surface area contributed by atoms with Crippen LogP contribution in [0.4, 0.5) is 0 Å². The maximum absolute atomic E-state index is 12.8. The third-order valence-electron chi connectivity index (χ3n) is 5.50. The van der Waals surface area contributed by atoms with Gasteiger partial charge in [-0.1, -0.05) is 60.1 Å². The fourth-order valence-corrected chi connectivity index (χ4v) is 4.33. The van der Waals surface area contributed by atoms with Gasteiger partial charge in [-0.15, -0.1) is 0 Å². The topological polar surface area (TPSA) is 59.2 Å². The van der Waals surface area contributed by atoms with Gasteiger partial charge in [-0.05, 0) is 42.0 Å². The molecule has 1 aliphatic rings. The molecular weight excluding hydrogens is 386 g/mol. The number of Topliss-reactive ketones (excluding diaryl/α,β-unsaturated/α-hetero) is 1. The van der Waals surface area contributed by atoms with E-state index in [1.165, 1.54) is 0 Å². The van der Waals surface area contributed by atoms with Crippen LogP contribution in [0.25, 0.3) is 0 Å². The van der Waals surface area contributed by atoms with Crippen molar-refractivity contribution >= 4 is 23.4 Å². The van der Waals surface area contributed by atoms with Gasteiger partial charge in [-0.2, -0.15) is 0 Å². The highest BCUT2D eigenvalue weighted by atomic mass is 35.5. The molecular formula is C24H22ClNO3. The smallest absolute Gasteiger partial charge is 0.355 e. The standard InChI is InChI=1S/C24H22ClNO3/c1-15-22-20(13-17(14-21(22)27)18-9-5-6-10-19(18)25)26-23(15)24(28)29-12-11-16-7-3-2-4-8-16/h2-10,17,26H,11-14H2,1H3. The second kappa shape index (κ2) is 8.26. The molecule has 0 saturated carbocycles. The van der Waals surface area contributed by atoms with Crippen molar-refractivity contribution < 1.29 is 14.3 Å². The van der Waals surface area contributed by atoms with E-state index < -0.39 is 5.97 Å². The predicted octanol–water partition coefficient (Wildman–Crippen LogP) is 5.29. The average Bonchev–Trinajstić information content (AvgIpc) is 3.06. The molecule has 4 nitrogen and oxygen atoms in total. The minimum Gasteiger partial charge on any atom is -0.461 e. The van der Waals surface area contributed by atoms with Crippen molar-refractivity contribution in [2.75, 3.05) is 6.61 Å². The van der Waals surface area contributed by atoms with Gasteiger partial charge in [0.05, 0.1) is 6.61 Å². The summed E-state index contributed by atoms with van der Waals surface area (Å²) in [5, 5.41) is 0.664. The lowest BCUT2D eigenvalue weighted by molar-refractivity contribution is 0.0502. The van der Waals surface area contributed by atoms with Crippen LogP contribution in [0.1, 0.15) is 55.6 Å². The Labute approximate surface area is 174 Å². The first-order chi connectivity index (χ1) is 14.0. The lowest BCUT2D eigenvalue weighted by Crippen LogP contribution is -2.18. The summed E-state index contributed by atoms with van der Waals surface area (Å²) in [4.78, 5) is 28.6. The van der Waals surface area contributed by atoms with Gasteiger partial charge in [0.1, 0.15) is 5.69 Å². The van der Waals surface area contributed by atoms with E-state index in [0.717, 1.165) is 16.8 Å². The molecule has 1 atom stereocenters. The van der Waals surface area contributed by atoms with Crippen LogP contribution in [0.2, 0.25) is 5.02 Å². The van der Waals surface area contributed by atoms with Crippen molar-refractivity contribution in [2.24, 2.45) is 0 Å². The van der Waals surface area contributed by atoms with Crippen molar-refractivity contribution in [3.63, 3.8) is 0 Å². The van der Waals surface area contributed by atoms with Gasteiger partial charge in [-0.25, -0.2) is 4.79 Å². The van der Waals surface area contributed by atoms with Crippen LogP contribution in [0, 0.1) is 6.92 Å². The van der Waals surface area contributed by atoms with Crippen LogP contribution in [0.15, 0.2) is 54.6 Å². The van der Waals surface area contributed by atoms with E-state index in [2.05, 4.69) is 4.98 Å². The third kappa shape index (κ3) is 3.99. The SMILES string of the molecule is Cc1c(C(=O)OCCc2ccccc2)[nH]c2c1C(=O)CC(c1ccccc1Cl)C2. The number of benzene rings is 2. The summed E-state index contributed by atoms with van der Waals surface area (Å²) >= 11 is 6.33. The highest BCUT2D eigenvalue weighted by Gasteiger charge is 2.32. The molecule has 148 valence electrons. The Hall–Kier alpha value is -2.85. The Balaban J connectivity index is 1.50. The van der Waals surface area contributed by atoms with Crippen LogP contribution in [-0.4, -0.2) is 23.3 Å². The number of ether oxygens (including phenoxy) is 1. The molecule has 0 saturated heterocycles. The number of carbonyl (C=O) groups is 2. The maximum atomic E-state index is 12.8. The second-order valence-electron chi connectivity index (χ2n) is 7.40. The van der Waals surface area contributed by atoms with E-state index in [1.807, 2.05) is 54.6 Å². The molecule has 0 fully saturated rings. The molecule has 4 rings (SSSR count). The van der Waals surface area contributed by atoms with Gasteiger partial charge >= 0.3 is 5.97 Å². The van der Waals surface area contributed by atoms with Gasteiger partial charge in [0.15, 0.2) is 5.78 Å². The second-order valence-corrected chi connectivity index (χ2v) is 7.81. The summed E-state index contributed by atoms with van der Waals surface area (Å²) in [6.45, 7) is 2.10. The van der Waals surface area contributed by atoms with Crippen molar-refractivity contribution in [3.8, 4) is 0 Å². The number of esters is 1. The fraction of sp³-hybridized carbons (Fsp3) is 0.250. The fourth-order valence-electron chi connectivity index (χ4n) is 4.04. The number of hydrogen-bond acceptors (Lipinski definition) is 3. The molecule has 1 heterocycles. The van der Waals surface area contributed by atoms with E-state index in [4.69, 9.17) is 16.3 Å². The van der Waals surface area contributed by atoms with E-state index in [9.17, 15) is 9.59 Å². The zero-order chi connectivity index (χ0) is 20.4. The van der Waals surface area contributed by atoms with Gasteiger partial charge in [0.25, 0.3) is 0 Å². The van der Waals surface area contributed by atoms with E-state index >= 15 is 0 Å². The normalized spacial score (nSPS) is 15.8. The number of aromatic nitrogens is 1. The van der Waals surface area contributed by atoms with E-state index in [0.29, 0.717) is 47.7 Å². The summed E-state index contributed by atoms with van der Waals surface area (Å²) in [5.41, 5.74) is 4.54. The highest BCUT2D eigenvalue weighted by Crippen LogP contribution is 2.37. The number of fused-ring (bicyclic) bond motifs is 1. The van der Waals surface area contributed by atoms with E-state index in [-0.39, 0.29) is 11.7 Å². The molecule has 0 amide bonds. The highest BCUT2D eigenvalue weighted by molar-refractivity contribution is 6.31. The first kappa shape index (κ1) is 19.5. The molecule has 0 spiro atoms. The third-order valence-corrected chi connectivity index (χ3v) is 5.85. The van der Waals surface area contributed by atoms with Gasteiger partial charge in [0, 0.05) is 29.1 Å². The molecule has 29 heavy (non-hydrogen) atoms. The van der Waals surface area contributed by atoms with Crippen LogP contribution in [-0.2, 0) is 17.6 Å². The number of halogens is 1. The van der Waals surface area contributed by atoms with E-state index in [1.54, 1.807) is 6.92 Å². The Morgan fingerprint density at radius 1 is 1.10 bits per heavy atom. The quantitative estimate of drug-likeness (QED) is 0.584. The monoisotopic (exact) mass is 407 g/mol. The molecule has 1 unspecified atom stereocenters. The largest absolute Gasteiger partial charge is 0.461 e. The molecule has 0 aliphatic heterocycles. The first-order valence-electron chi connectivity index (χ1n) is 9.74. The number of aromatic amines is 1. The first-order valence-corrected chi connectivity index (χ1v) is 10.1. The molecule has 1 N–H and O–H groups in total. The van der Waals surface area contributed by atoms with Crippen LogP contribution in [0.3, 0.4) is 0 Å². The minimum atomic E-state index is -0.421. The minimum absolute atomic E-state index is 0.00343. The zero-order valence-corrected chi connectivity index (χ0v) is 17.0. The molecule has 3 aromatic rings. The van der Waals surface area contributed by atoms with Crippen molar-refractivity contribution in [3.05, 3.63) is 93.3 Å². The molecule has 2 aromatic carbocycles. The number of rotatable bonds is 5. The molecule has 1 aromatic heterocycles. The Morgan fingerprint density at radius 2 is 1.83 bits per heavy atom. The number of H-pyrrole nitrogens is 1. The van der Waals surface area contributed by atoms with Gasteiger partial charge in [-0.3, -0.25) is 4.79 Å². The summed E-state index contributed by atoms with van der Waals surface area (Å²) in [7, 11) is 0. The summed E-state index contributed by atoms with van der Waals surface area (Å²) in [6.07, 6.45) is 1.68. The van der Waals surface area contributed by atoms with Crippen molar-refractivity contribution in [1.29, 1.82) is 0 Å². The molecule has 5 heteroatoms. The Morgan fingerprint density at radius 3 is 2.59 bits per heavy atom. The predicted molar refractivity (Wildman–Crippen MR) is 113 cm³/mol. The Bertz CT molecular complexity index is 1060. The zero-order valence-electron chi connectivity index (χ0n) is 16.2. The molecule has 0 radical (unpaired) electrons. The van der Waals surface area contributed by atoms with Gasteiger partial charge in [0.2, 0.25) is 0 Å². The summed E-state index contributed by atoms with van der Waals surface area (Å²) in [6, 6.07) is 17.5. The lowest BCUT2D eigenvalue weighted by atomic mass is 9.81. The molecule has 0 bridgehead atoms. The lowest BCUT2D eigenvalue weighted by Gasteiger charge is -2.22. The summed E-state index contributed by atoms with van der Waals surface area (Å²) in [5.74, 6) is -0.383. The average molecular weight is 408 g/mol. The summed E-state index contributed by atoms with van der Waals surface area (Å²) < 4.78 is 5.45. The number of nitrogens with one attached hydrogen (secondary N) is 1. The number of ketones is 1. The van der Waals surface area contributed by atoms with Crippen molar-refractivity contribution in [2.45, 2.75) is 32.1 Å². The Kier molecular flexibility index (Phi) is 5.54. The van der Waals surface area contributed by atoms with Gasteiger partial charge < -0.3 is 9.72 Å². The number of carbonyl (C=O) groups excluding carboxylic acids is 2. The van der Waals surface area contributed by atoms with Crippen molar-refractivity contribution in [1.82, 2.24) is 4.98 Å². The maximum Gasteiger partial charge on any atom is 0.355 e. The number of hydrogen-bond donors (Lipinski definition) is 1. The van der Waals surface area contributed by atoms with Crippen LogP contribution < -0.4 is 0 Å². The van der Waals surface area contributed by atoms with Crippen LogP contribution >= 0.6 is 11.6 Å². The molecule has 1 aliphatic carbocycles. The van der Waals surface area contributed by atoms with Crippen LogP contribution in [0.5, 0.6) is 0 Å².